The van der Waals surface area contributed by atoms with Crippen molar-refractivity contribution in [3.05, 3.63) is 58.6 Å². The molecule has 0 aromatic heterocycles. The maximum Gasteiger partial charge on any atom is 0.252 e. The summed E-state index contributed by atoms with van der Waals surface area (Å²) >= 11 is 11.9. The number of benzene rings is 2. The minimum Gasteiger partial charge on any atom is -0.326 e. The molecule has 0 spiro atoms. The number of nitrogens with zero attached hydrogens (tertiary/aromatic N) is 1. The first-order chi connectivity index (χ1) is 12.0. The number of hydrogen-bond acceptors (Lipinski definition) is 4. The van der Waals surface area contributed by atoms with Crippen molar-refractivity contribution >= 4 is 52.4 Å². The average molecular weight is 377 g/mol. The lowest BCUT2D eigenvalue weighted by atomic mass is 10.2. The van der Waals surface area contributed by atoms with Gasteiger partial charge in [0, 0.05) is 21.4 Å². The van der Waals surface area contributed by atoms with Crippen molar-refractivity contribution in [2.75, 3.05) is 10.6 Å². The Bertz CT molecular complexity index is 820. The van der Waals surface area contributed by atoms with Crippen molar-refractivity contribution in [3.8, 4) is 0 Å². The highest BCUT2D eigenvalue weighted by molar-refractivity contribution is 6.35. The number of anilines is 2. The number of carbonyl (C=O) groups is 2. The van der Waals surface area contributed by atoms with Crippen molar-refractivity contribution in [3.63, 3.8) is 0 Å². The number of para-hydroxylation sites is 1. The van der Waals surface area contributed by atoms with Gasteiger partial charge >= 0.3 is 0 Å². The molecular formula is C17H14Cl2N4O2. The van der Waals surface area contributed by atoms with Crippen molar-refractivity contribution in [2.45, 2.75) is 12.5 Å². The topological polar surface area (TPSA) is 82.6 Å². The van der Waals surface area contributed by atoms with E-state index < -0.39 is 6.04 Å². The SMILES string of the molecule is O=C(C[C@@H]1N=C(Nc2cc(Cl)cc(Cl)c2)NC1=O)Nc1ccccc1. The van der Waals surface area contributed by atoms with Gasteiger partial charge in [0.05, 0.1) is 6.42 Å². The van der Waals surface area contributed by atoms with Crippen LogP contribution in [0.4, 0.5) is 11.4 Å². The van der Waals surface area contributed by atoms with Gasteiger partial charge < -0.3 is 10.6 Å². The van der Waals surface area contributed by atoms with E-state index in [0.717, 1.165) is 0 Å². The third-order valence-electron chi connectivity index (χ3n) is 3.39. The van der Waals surface area contributed by atoms with E-state index in [1.165, 1.54) is 0 Å². The quantitative estimate of drug-likeness (QED) is 0.765. The van der Waals surface area contributed by atoms with Crippen LogP contribution in [-0.4, -0.2) is 23.8 Å². The van der Waals surface area contributed by atoms with Gasteiger partial charge in [-0.2, -0.15) is 0 Å². The van der Waals surface area contributed by atoms with Crippen LogP contribution in [0.2, 0.25) is 10.0 Å². The van der Waals surface area contributed by atoms with E-state index in [2.05, 4.69) is 20.9 Å². The Morgan fingerprint density at radius 1 is 1.08 bits per heavy atom. The number of nitrogens with one attached hydrogen (secondary N) is 3. The molecule has 3 rings (SSSR count). The minimum absolute atomic E-state index is 0.0534. The maximum absolute atomic E-state index is 12.1. The molecule has 3 N–H and O–H groups in total. The fraction of sp³-hybridized carbons (Fsp3) is 0.118. The molecule has 128 valence electrons. The van der Waals surface area contributed by atoms with Gasteiger partial charge in [-0.25, -0.2) is 4.99 Å². The van der Waals surface area contributed by atoms with Gasteiger partial charge in [0.15, 0.2) is 0 Å². The Morgan fingerprint density at radius 2 is 1.76 bits per heavy atom. The molecule has 2 aromatic rings. The summed E-state index contributed by atoms with van der Waals surface area (Å²) in [6, 6.07) is 13.1. The Hall–Kier alpha value is -2.57. The Balaban J connectivity index is 1.63. The molecule has 0 fully saturated rings. The Kier molecular flexibility index (Phi) is 5.21. The van der Waals surface area contributed by atoms with E-state index >= 15 is 0 Å². The average Bonchev–Trinajstić information content (AvgIpc) is 2.86. The first-order valence-electron chi connectivity index (χ1n) is 7.46. The van der Waals surface area contributed by atoms with Gasteiger partial charge in [-0.3, -0.25) is 14.9 Å². The van der Waals surface area contributed by atoms with Gasteiger partial charge in [-0.1, -0.05) is 41.4 Å². The van der Waals surface area contributed by atoms with Gasteiger partial charge in [0.2, 0.25) is 11.9 Å². The molecule has 2 aromatic carbocycles. The van der Waals surface area contributed by atoms with Crippen LogP contribution in [0.1, 0.15) is 6.42 Å². The normalized spacial score (nSPS) is 16.2. The zero-order valence-corrected chi connectivity index (χ0v) is 14.4. The summed E-state index contributed by atoms with van der Waals surface area (Å²) in [5.74, 6) is -0.387. The van der Waals surface area contributed by atoms with Crippen LogP contribution in [0.5, 0.6) is 0 Å². The van der Waals surface area contributed by atoms with Crippen LogP contribution in [0.3, 0.4) is 0 Å². The number of aliphatic imine (C=N–C) groups is 1. The summed E-state index contributed by atoms with van der Waals surface area (Å²) in [7, 11) is 0. The highest BCUT2D eigenvalue weighted by Crippen LogP contribution is 2.22. The standard InChI is InChI=1S/C17H14Cl2N4O2/c18-10-6-11(19)8-13(7-10)21-17-22-14(16(25)23-17)9-15(24)20-12-4-2-1-3-5-12/h1-8,14H,9H2,(H,20,24)(H2,21,22,23,25)/t14-/m0/s1. The molecule has 0 unspecified atom stereocenters. The molecule has 0 radical (unpaired) electrons. The highest BCUT2D eigenvalue weighted by atomic mass is 35.5. The van der Waals surface area contributed by atoms with Crippen LogP contribution in [0.25, 0.3) is 0 Å². The summed E-state index contributed by atoms with van der Waals surface area (Å²) in [6.45, 7) is 0. The first-order valence-corrected chi connectivity index (χ1v) is 8.22. The molecule has 1 atom stereocenters. The van der Waals surface area contributed by atoms with Crippen molar-refractivity contribution < 1.29 is 9.59 Å². The van der Waals surface area contributed by atoms with Crippen LogP contribution >= 0.6 is 23.2 Å². The number of amides is 2. The van der Waals surface area contributed by atoms with E-state index in [1.54, 1.807) is 30.3 Å². The van der Waals surface area contributed by atoms with E-state index in [4.69, 9.17) is 23.2 Å². The highest BCUT2D eigenvalue weighted by Gasteiger charge is 2.28. The monoisotopic (exact) mass is 376 g/mol. The second-order valence-corrected chi connectivity index (χ2v) is 6.26. The predicted molar refractivity (Wildman–Crippen MR) is 99.1 cm³/mol. The molecule has 0 saturated heterocycles. The maximum atomic E-state index is 12.1. The lowest BCUT2D eigenvalue weighted by Crippen LogP contribution is -2.33. The largest absolute Gasteiger partial charge is 0.326 e. The molecule has 1 heterocycles. The van der Waals surface area contributed by atoms with Gasteiger partial charge in [0.1, 0.15) is 6.04 Å². The van der Waals surface area contributed by atoms with Gasteiger partial charge in [-0.05, 0) is 30.3 Å². The third-order valence-corrected chi connectivity index (χ3v) is 3.83. The first kappa shape index (κ1) is 17.3. The molecule has 1 aliphatic rings. The van der Waals surface area contributed by atoms with E-state index in [0.29, 0.717) is 21.4 Å². The lowest BCUT2D eigenvalue weighted by molar-refractivity contribution is -0.123. The number of guanidine groups is 1. The number of rotatable bonds is 4. The van der Waals surface area contributed by atoms with Gasteiger partial charge in [-0.15, -0.1) is 0 Å². The fourth-order valence-electron chi connectivity index (χ4n) is 2.32. The molecule has 25 heavy (non-hydrogen) atoms. The lowest BCUT2D eigenvalue weighted by Gasteiger charge is -2.06. The fourth-order valence-corrected chi connectivity index (χ4v) is 2.85. The Labute approximate surface area is 154 Å². The summed E-state index contributed by atoms with van der Waals surface area (Å²) in [5, 5.41) is 9.16. The van der Waals surface area contributed by atoms with Crippen LogP contribution in [-0.2, 0) is 9.59 Å². The summed E-state index contributed by atoms with van der Waals surface area (Å²) in [5.41, 5.74) is 1.26. The zero-order chi connectivity index (χ0) is 17.8. The Morgan fingerprint density at radius 3 is 2.44 bits per heavy atom. The molecule has 1 aliphatic heterocycles. The number of halogens is 2. The molecular weight excluding hydrogens is 363 g/mol. The molecule has 0 bridgehead atoms. The summed E-state index contributed by atoms with van der Waals surface area (Å²) in [6.07, 6.45) is -0.0534. The summed E-state index contributed by atoms with van der Waals surface area (Å²) < 4.78 is 0. The van der Waals surface area contributed by atoms with Crippen molar-refractivity contribution in [1.82, 2.24) is 5.32 Å². The molecule has 0 aliphatic carbocycles. The minimum atomic E-state index is -0.791. The van der Waals surface area contributed by atoms with E-state index in [9.17, 15) is 9.59 Å². The van der Waals surface area contributed by atoms with Crippen molar-refractivity contribution in [1.29, 1.82) is 0 Å². The predicted octanol–water partition coefficient (Wildman–Crippen LogP) is 3.29. The van der Waals surface area contributed by atoms with Crippen LogP contribution in [0, 0.1) is 0 Å². The van der Waals surface area contributed by atoms with Crippen LogP contribution < -0.4 is 16.0 Å². The van der Waals surface area contributed by atoms with Crippen LogP contribution in [0.15, 0.2) is 53.5 Å². The van der Waals surface area contributed by atoms with E-state index in [-0.39, 0.29) is 24.2 Å². The van der Waals surface area contributed by atoms with E-state index in [1.807, 2.05) is 18.2 Å². The van der Waals surface area contributed by atoms with Gasteiger partial charge in [0.25, 0.3) is 5.91 Å². The zero-order valence-electron chi connectivity index (χ0n) is 12.9. The number of hydrogen-bond donors (Lipinski definition) is 3. The molecule has 6 nitrogen and oxygen atoms in total. The summed E-state index contributed by atoms with van der Waals surface area (Å²) in [4.78, 5) is 28.3. The van der Waals surface area contributed by atoms with Crippen molar-refractivity contribution in [2.24, 2.45) is 4.99 Å². The second kappa shape index (κ2) is 7.55. The smallest absolute Gasteiger partial charge is 0.252 e. The molecule has 8 heteroatoms. The third kappa shape index (κ3) is 4.71. The molecule has 0 saturated carbocycles. The molecule has 2 amide bonds. The number of carbonyl (C=O) groups excluding carboxylic acids is 2. The second-order valence-electron chi connectivity index (χ2n) is 5.38.